The van der Waals surface area contributed by atoms with Gasteiger partial charge in [0.2, 0.25) is 5.91 Å². The molecular weight excluding hydrogens is 264 g/mol. The first-order valence-corrected chi connectivity index (χ1v) is 7.83. The summed E-state index contributed by atoms with van der Waals surface area (Å²) >= 11 is 1.25. The van der Waals surface area contributed by atoms with Crippen molar-refractivity contribution >= 4 is 23.6 Å². The van der Waals surface area contributed by atoms with Crippen molar-refractivity contribution < 1.29 is 14.7 Å². The van der Waals surface area contributed by atoms with Crippen molar-refractivity contribution in [2.24, 2.45) is 11.7 Å². The molecule has 0 saturated carbocycles. The number of rotatable bonds is 10. The lowest BCUT2D eigenvalue weighted by molar-refractivity contribution is -0.138. The summed E-state index contributed by atoms with van der Waals surface area (Å²) in [6.07, 6.45) is 3.25. The van der Waals surface area contributed by atoms with E-state index in [1.165, 1.54) is 18.2 Å². The van der Waals surface area contributed by atoms with E-state index in [9.17, 15) is 9.59 Å². The zero-order chi connectivity index (χ0) is 14.8. The Morgan fingerprint density at radius 2 is 1.89 bits per heavy atom. The summed E-state index contributed by atoms with van der Waals surface area (Å²) in [4.78, 5) is 22.1. The number of nitrogens with two attached hydrogens (primary N) is 1. The van der Waals surface area contributed by atoms with E-state index in [0.29, 0.717) is 5.92 Å². The van der Waals surface area contributed by atoms with Crippen molar-refractivity contribution in [1.29, 1.82) is 0 Å². The topological polar surface area (TPSA) is 92.4 Å². The average Bonchev–Trinajstić information content (AvgIpc) is 2.27. The van der Waals surface area contributed by atoms with Gasteiger partial charge < -0.3 is 16.2 Å². The summed E-state index contributed by atoms with van der Waals surface area (Å²) in [5.41, 5.74) is 5.35. The molecule has 0 heterocycles. The zero-order valence-electron chi connectivity index (χ0n) is 12.0. The molecule has 0 aromatic carbocycles. The lowest BCUT2D eigenvalue weighted by Gasteiger charge is -2.14. The summed E-state index contributed by atoms with van der Waals surface area (Å²) in [5.74, 6) is 0.116. The highest BCUT2D eigenvalue weighted by Gasteiger charge is 2.13. The van der Waals surface area contributed by atoms with Crippen LogP contribution in [0.15, 0.2) is 0 Å². The molecule has 4 N–H and O–H groups in total. The number of amides is 1. The normalized spacial score (nSPS) is 14.2. The SMILES string of the molecule is CC(C)CCCC(C)NC(=O)CSC[C@@H](N)C(=O)O. The summed E-state index contributed by atoms with van der Waals surface area (Å²) < 4.78 is 0. The molecule has 5 nitrogen and oxygen atoms in total. The molecule has 0 aromatic heterocycles. The Labute approximate surface area is 119 Å². The van der Waals surface area contributed by atoms with Gasteiger partial charge in [-0.3, -0.25) is 9.59 Å². The van der Waals surface area contributed by atoms with Gasteiger partial charge in [0.1, 0.15) is 6.04 Å². The smallest absolute Gasteiger partial charge is 0.321 e. The number of aliphatic carboxylic acids is 1. The fourth-order valence-electron chi connectivity index (χ4n) is 1.57. The van der Waals surface area contributed by atoms with Crippen LogP contribution in [0.5, 0.6) is 0 Å². The van der Waals surface area contributed by atoms with Gasteiger partial charge >= 0.3 is 5.97 Å². The molecule has 0 aliphatic carbocycles. The van der Waals surface area contributed by atoms with E-state index in [2.05, 4.69) is 19.2 Å². The second-order valence-corrected chi connectivity index (χ2v) is 6.28. The number of carboxylic acid groups (broad SMARTS) is 1. The molecule has 0 aliphatic heterocycles. The second kappa shape index (κ2) is 10.1. The van der Waals surface area contributed by atoms with E-state index < -0.39 is 12.0 Å². The molecule has 1 unspecified atom stereocenters. The van der Waals surface area contributed by atoms with Crippen molar-refractivity contribution in [2.45, 2.75) is 52.1 Å². The van der Waals surface area contributed by atoms with Gasteiger partial charge in [-0.05, 0) is 19.3 Å². The van der Waals surface area contributed by atoms with Crippen LogP contribution < -0.4 is 11.1 Å². The fourth-order valence-corrected chi connectivity index (χ4v) is 2.35. The molecule has 112 valence electrons. The molecule has 0 spiro atoms. The number of hydrogen-bond donors (Lipinski definition) is 3. The molecular formula is C13H26N2O3S. The molecule has 0 aromatic rings. The summed E-state index contributed by atoms with van der Waals surface area (Å²) in [7, 11) is 0. The van der Waals surface area contributed by atoms with Crippen LogP contribution in [-0.2, 0) is 9.59 Å². The molecule has 0 rings (SSSR count). The standard InChI is InChI=1S/C13H26N2O3S/c1-9(2)5-4-6-10(3)15-12(16)8-19-7-11(14)13(17)18/h9-11H,4-8,14H2,1-3H3,(H,15,16)(H,17,18)/t10?,11-/m1/s1. The highest BCUT2D eigenvalue weighted by atomic mass is 32.2. The average molecular weight is 290 g/mol. The van der Waals surface area contributed by atoms with Gasteiger partial charge in [0.05, 0.1) is 5.75 Å². The number of thioether (sulfide) groups is 1. The van der Waals surface area contributed by atoms with Crippen LogP contribution in [0.25, 0.3) is 0 Å². The zero-order valence-corrected chi connectivity index (χ0v) is 12.8. The van der Waals surface area contributed by atoms with Gasteiger partial charge in [-0.1, -0.05) is 26.7 Å². The van der Waals surface area contributed by atoms with Gasteiger partial charge in [-0.25, -0.2) is 0 Å². The third-order valence-electron chi connectivity index (χ3n) is 2.67. The highest BCUT2D eigenvalue weighted by molar-refractivity contribution is 8.00. The maximum Gasteiger partial charge on any atom is 0.321 e. The largest absolute Gasteiger partial charge is 0.480 e. The number of carbonyl (C=O) groups excluding carboxylic acids is 1. The van der Waals surface area contributed by atoms with E-state index >= 15 is 0 Å². The minimum atomic E-state index is -1.03. The minimum absolute atomic E-state index is 0.0559. The van der Waals surface area contributed by atoms with Gasteiger partial charge in [0.25, 0.3) is 0 Å². The van der Waals surface area contributed by atoms with Gasteiger partial charge in [-0.2, -0.15) is 0 Å². The molecule has 2 atom stereocenters. The van der Waals surface area contributed by atoms with Crippen LogP contribution in [0.3, 0.4) is 0 Å². The summed E-state index contributed by atoms with van der Waals surface area (Å²) in [6, 6.07) is -0.735. The van der Waals surface area contributed by atoms with Crippen LogP contribution in [0, 0.1) is 5.92 Å². The quantitative estimate of drug-likeness (QED) is 0.566. The molecule has 0 saturated heterocycles. The molecule has 0 aliphatic rings. The maximum absolute atomic E-state index is 11.6. The Morgan fingerprint density at radius 1 is 1.26 bits per heavy atom. The van der Waals surface area contributed by atoms with Crippen LogP contribution in [0.2, 0.25) is 0 Å². The van der Waals surface area contributed by atoms with Crippen molar-refractivity contribution in [1.82, 2.24) is 5.32 Å². The maximum atomic E-state index is 11.6. The Bertz CT molecular complexity index is 285. The monoisotopic (exact) mass is 290 g/mol. The minimum Gasteiger partial charge on any atom is -0.480 e. The first-order chi connectivity index (χ1) is 8.82. The van der Waals surface area contributed by atoms with Gasteiger partial charge in [-0.15, -0.1) is 11.8 Å². The molecule has 6 heteroatoms. The Kier molecular flexibility index (Phi) is 9.69. The molecule has 0 fully saturated rings. The van der Waals surface area contributed by atoms with E-state index in [1.807, 2.05) is 6.92 Å². The number of nitrogens with one attached hydrogen (secondary N) is 1. The first-order valence-electron chi connectivity index (χ1n) is 6.68. The molecule has 1 amide bonds. The predicted octanol–water partition coefficient (Wildman–Crippen LogP) is 1.46. The van der Waals surface area contributed by atoms with Crippen LogP contribution in [-0.4, -0.2) is 40.6 Å². The molecule has 19 heavy (non-hydrogen) atoms. The van der Waals surface area contributed by atoms with E-state index in [1.54, 1.807) is 0 Å². The summed E-state index contributed by atoms with van der Waals surface area (Å²) in [6.45, 7) is 6.36. The Morgan fingerprint density at radius 3 is 2.42 bits per heavy atom. The third-order valence-corrected chi connectivity index (χ3v) is 3.73. The molecule has 0 bridgehead atoms. The summed E-state index contributed by atoms with van der Waals surface area (Å²) in [5, 5.41) is 11.5. The van der Waals surface area contributed by atoms with Crippen molar-refractivity contribution in [3.05, 3.63) is 0 Å². The Hall–Kier alpha value is -0.750. The van der Waals surface area contributed by atoms with E-state index in [-0.39, 0.29) is 23.5 Å². The second-order valence-electron chi connectivity index (χ2n) is 5.25. The van der Waals surface area contributed by atoms with Crippen molar-refractivity contribution in [2.75, 3.05) is 11.5 Å². The highest BCUT2D eigenvalue weighted by Crippen LogP contribution is 2.08. The Balaban J connectivity index is 3.65. The lowest BCUT2D eigenvalue weighted by atomic mass is 10.0. The third kappa shape index (κ3) is 10.8. The van der Waals surface area contributed by atoms with E-state index in [4.69, 9.17) is 10.8 Å². The molecule has 0 radical (unpaired) electrons. The predicted molar refractivity (Wildman–Crippen MR) is 79.2 cm³/mol. The number of hydrogen-bond acceptors (Lipinski definition) is 4. The fraction of sp³-hybridized carbons (Fsp3) is 0.846. The number of carbonyl (C=O) groups is 2. The first kappa shape index (κ1) is 18.2. The van der Waals surface area contributed by atoms with Crippen LogP contribution >= 0.6 is 11.8 Å². The number of carboxylic acids is 1. The van der Waals surface area contributed by atoms with Crippen LogP contribution in [0.1, 0.15) is 40.0 Å². The van der Waals surface area contributed by atoms with Gasteiger partial charge in [0.15, 0.2) is 0 Å². The van der Waals surface area contributed by atoms with Gasteiger partial charge in [0, 0.05) is 11.8 Å². The van der Waals surface area contributed by atoms with Crippen LogP contribution in [0.4, 0.5) is 0 Å². The lowest BCUT2D eigenvalue weighted by Crippen LogP contribution is -2.36. The van der Waals surface area contributed by atoms with Crippen molar-refractivity contribution in [3.63, 3.8) is 0 Å². The van der Waals surface area contributed by atoms with E-state index in [0.717, 1.165) is 12.8 Å². The van der Waals surface area contributed by atoms with Crippen molar-refractivity contribution in [3.8, 4) is 0 Å².